The van der Waals surface area contributed by atoms with Gasteiger partial charge in [0.1, 0.15) is 5.75 Å². The molecule has 3 aromatic rings. The first-order valence-corrected chi connectivity index (χ1v) is 14.6. The molecular formula is C29H33N5O4S. The highest BCUT2D eigenvalue weighted by molar-refractivity contribution is 7.90. The summed E-state index contributed by atoms with van der Waals surface area (Å²) in [5, 5.41) is 16.7. The van der Waals surface area contributed by atoms with Crippen LogP contribution in [0.1, 0.15) is 66.7 Å². The van der Waals surface area contributed by atoms with Gasteiger partial charge >= 0.3 is 6.03 Å². The van der Waals surface area contributed by atoms with Gasteiger partial charge in [0.2, 0.25) is 0 Å². The van der Waals surface area contributed by atoms with Crippen LogP contribution in [0.15, 0.2) is 76.1 Å². The molecule has 1 saturated carbocycles. The largest absolute Gasteiger partial charge is 0.507 e. The van der Waals surface area contributed by atoms with Crippen LogP contribution in [0, 0.1) is 0 Å². The van der Waals surface area contributed by atoms with Crippen LogP contribution >= 0.6 is 0 Å². The third-order valence-corrected chi connectivity index (χ3v) is 8.20. The minimum absolute atomic E-state index is 0.153. The second-order valence-corrected chi connectivity index (χ2v) is 11.4. The number of carbonyl (C=O) groups excluding carboxylic acids is 1. The van der Waals surface area contributed by atoms with Crippen molar-refractivity contribution in [2.24, 2.45) is 4.52 Å². The zero-order valence-electron chi connectivity index (χ0n) is 21.7. The second-order valence-electron chi connectivity index (χ2n) is 9.85. The maximum absolute atomic E-state index is 12.3. The number of sulfonamides is 1. The maximum Gasteiger partial charge on any atom is 0.319 e. The Labute approximate surface area is 229 Å². The Balaban J connectivity index is 1.36. The van der Waals surface area contributed by atoms with Crippen molar-refractivity contribution < 1.29 is 18.3 Å². The summed E-state index contributed by atoms with van der Waals surface area (Å²) in [7, 11) is -4.07. The van der Waals surface area contributed by atoms with E-state index in [2.05, 4.69) is 44.3 Å². The van der Waals surface area contributed by atoms with E-state index < -0.39 is 16.1 Å². The first-order valence-electron chi connectivity index (χ1n) is 13.2. The van der Waals surface area contributed by atoms with Crippen molar-refractivity contribution in [3.05, 3.63) is 99.4 Å². The van der Waals surface area contributed by atoms with E-state index in [0.29, 0.717) is 30.3 Å². The van der Waals surface area contributed by atoms with Crippen molar-refractivity contribution in [1.29, 1.82) is 0 Å². The predicted octanol–water partition coefficient (Wildman–Crippen LogP) is 6.78. The molecule has 2 amide bonds. The Kier molecular flexibility index (Phi) is 9.46. The highest BCUT2D eigenvalue weighted by atomic mass is 32.2. The number of phenols is 1. The first-order chi connectivity index (χ1) is 18.9. The van der Waals surface area contributed by atoms with Gasteiger partial charge in [0.05, 0.1) is 4.90 Å². The maximum atomic E-state index is 12.3. The normalized spacial score (nSPS) is 13.8. The Morgan fingerprint density at radius 1 is 1.00 bits per heavy atom. The molecule has 0 unspecified atom stereocenters. The molecule has 10 heteroatoms. The molecule has 39 heavy (non-hydrogen) atoms. The van der Waals surface area contributed by atoms with Crippen molar-refractivity contribution in [2.75, 3.05) is 11.9 Å². The summed E-state index contributed by atoms with van der Waals surface area (Å²) in [4.78, 5) is 14.5. The smallest absolute Gasteiger partial charge is 0.319 e. The Morgan fingerprint density at radius 3 is 2.41 bits per heavy atom. The second kappa shape index (κ2) is 13.2. The van der Waals surface area contributed by atoms with E-state index in [1.54, 1.807) is 0 Å². The number of aromatic hydroxyl groups is 1. The van der Waals surface area contributed by atoms with Gasteiger partial charge in [-0.25, -0.2) is 13.2 Å². The van der Waals surface area contributed by atoms with Gasteiger partial charge in [-0.05, 0) is 83.7 Å². The zero-order valence-corrected chi connectivity index (χ0v) is 22.5. The predicted molar refractivity (Wildman–Crippen MR) is 151 cm³/mol. The molecule has 0 radical (unpaired) electrons. The molecule has 0 bridgehead atoms. The standard InChI is InChI=1S/C29H33N5O4S/c30-33-34-39(37,38)26-15-13-25(14-16-26)32-29(36)31-17-7-10-22-19-24(18-21-8-3-1-4-9-21)28(35)27(20-22)23-11-5-2-6-12-23/h1,3-4,8-9,13-16,19-20,23,35H,2,5-7,10-12,17-18H2,(H2,31,32,36). The molecule has 0 saturated heterocycles. The van der Waals surface area contributed by atoms with Gasteiger partial charge < -0.3 is 15.7 Å². The summed E-state index contributed by atoms with van der Waals surface area (Å²) in [5.74, 6) is 0.801. The van der Waals surface area contributed by atoms with E-state index in [-0.39, 0.29) is 4.90 Å². The topological polar surface area (TPSA) is 144 Å². The third-order valence-electron chi connectivity index (χ3n) is 7.04. The molecule has 9 nitrogen and oxygen atoms in total. The SMILES string of the molecule is [N-]=[N+]=NS(=O)(=O)c1ccc(NC(=O)NCCCc2cc(Cc3ccccc3)c(O)c(C3CCCCC3)c2)cc1. The first kappa shape index (κ1) is 28.0. The number of nitrogens with zero attached hydrogens (tertiary/aromatic N) is 3. The number of amides is 2. The van der Waals surface area contributed by atoms with Crippen LogP contribution in [0.25, 0.3) is 10.4 Å². The van der Waals surface area contributed by atoms with E-state index in [0.717, 1.165) is 47.9 Å². The van der Waals surface area contributed by atoms with Crippen LogP contribution in [-0.4, -0.2) is 26.1 Å². The molecular weight excluding hydrogens is 514 g/mol. The van der Waals surface area contributed by atoms with Gasteiger partial charge in [-0.1, -0.05) is 61.7 Å². The lowest BCUT2D eigenvalue weighted by atomic mass is 9.81. The fourth-order valence-corrected chi connectivity index (χ4v) is 5.75. The molecule has 3 N–H and O–H groups in total. The number of rotatable bonds is 10. The molecule has 0 spiro atoms. The molecule has 0 heterocycles. The van der Waals surface area contributed by atoms with Crippen molar-refractivity contribution in [2.45, 2.75) is 62.2 Å². The van der Waals surface area contributed by atoms with E-state index in [1.807, 2.05) is 18.2 Å². The van der Waals surface area contributed by atoms with Crippen LogP contribution in [0.5, 0.6) is 5.75 Å². The molecule has 0 aromatic heterocycles. The number of hydrogen-bond acceptors (Lipinski definition) is 4. The van der Waals surface area contributed by atoms with Crippen LogP contribution in [0.4, 0.5) is 10.5 Å². The van der Waals surface area contributed by atoms with Gasteiger partial charge in [0.15, 0.2) is 0 Å². The quantitative estimate of drug-likeness (QED) is 0.111. The molecule has 1 fully saturated rings. The van der Waals surface area contributed by atoms with Gasteiger partial charge in [-0.2, -0.15) is 0 Å². The molecule has 3 aromatic carbocycles. The fraction of sp³-hybridized carbons (Fsp3) is 0.345. The number of benzene rings is 3. The Morgan fingerprint density at radius 2 is 1.72 bits per heavy atom. The van der Waals surface area contributed by atoms with Crippen molar-refractivity contribution >= 4 is 21.7 Å². The Hall–Kier alpha value is -4.01. The molecule has 1 aliphatic rings. The average Bonchev–Trinajstić information content (AvgIpc) is 2.94. The Bertz CT molecular complexity index is 1430. The van der Waals surface area contributed by atoms with E-state index in [1.165, 1.54) is 43.5 Å². The molecule has 4 rings (SSSR count). The molecule has 204 valence electrons. The minimum Gasteiger partial charge on any atom is -0.507 e. The lowest BCUT2D eigenvalue weighted by Gasteiger charge is -2.25. The number of carbonyl (C=O) groups is 1. The minimum atomic E-state index is -4.07. The number of aryl methyl sites for hydroxylation is 1. The van der Waals surface area contributed by atoms with Crippen LogP contribution < -0.4 is 10.6 Å². The fourth-order valence-electron chi connectivity index (χ4n) is 5.08. The summed E-state index contributed by atoms with van der Waals surface area (Å²) in [5.41, 5.74) is 13.1. The van der Waals surface area contributed by atoms with Crippen molar-refractivity contribution in [1.82, 2.24) is 5.32 Å². The van der Waals surface area contributed by atoms with Gasteiger partial charge in [-0.3, -0.25) is 0 Å². The van der Waals surface area contributed by atoms with Crippen LogP contribution in [0.3, 0.4) is 0 Å². The number of azide groups is 1. The van der Waals surface area contributed by atoms with Gasteiger partial charge in [0, 0.05) is 28.1 Å². The van der Waals surface area contributed by atoms with Gasteiger partial charge in [0.25, 0.3) is 10.0 Å². The van der Waals surface area contributed by atoms with Crippen LogP contribution in [-0.2, 0) is 22.9 Å². The van der Waals surface area contributed by atoms with Crippen molar-refractivity contribution in [3.63, 3.8) is 0 Å². The zero-order chi connectivity index (χ0) is 27.7. The highest BCUT2D eigenvalue weighted by Gasteiger charge is 2.21. The van der Waals surface area contributed by atoms with Crippen LogP contribution in [0.2, 0.25) is 0 Å². The molecule has 0 atom stereocenters. The summed E-state index contributed by atoms with van der Waals surface area (Å²) in [6.07, 6.45) is 7.97. The summed E-state index contributed by atoms with van der Waals surface area (Å²) in [6.45, 7) is 0.447. The van der Waals surface area contributed by atoms with E-state index in [9.17, 15) is 18.3 Å². The van der Waals surface area contributed by atoms with E-state index in [4.69, 9.17) is 5.53 Å². The summed E-state index contributed by atoms with van der Waals surface area (Å²) in [6, 6.07) is 19.4. The monoisotopic (exact) mass is 547 g/mol. The van der Waals surface area contributed by atoms with Crippen molar-refractivity contribution in [3.8, 4) is 5.75 Å². The number of phenolic OH excluding ortho intramolecular Hbond substituents is 1. The van der Waals surface area contributed by atoms with E-state index >= 15 is 0 Å². The number of nitrogens with one attached hydrogen (secondary N) is 2. The van der Waals surface area contributed by atoms with Gasteiger partial charge in [-0.15, -0.1) is 0 Å². The summed E-state index contributed by atoms with van der Waals surface area (Å²) < 4.78 is 26.3. The number of anilines is 1. The lowest BCUT2D eigenvalue weighted by Crippen LogP contribution is -2.29. The number of hydrogen-bond donors (Lipinski definition) is 3. The molecule has 1 aliphatic carbocycles. The summed E-state index contributed by atoms with van der Waals surface area (Å²) >= 11 is 0. The highest BCUT2D eigenvalue weighted by Crippen LogP contribution is 2.40. The average molecular weight is 548 g/mol. The molecule has 0 aliphatic heterocycles. The third kappa shape index (κ3) is 7.75. The number of urea groups is 1. The lowest BCUT2D eigenvalue weighted by molar-refractivity contribution is 0.252.